The van der Waals surface area contributed by atoms with Crippen molar-refractivity contribution in [1.82, 2.24) is 4.90 Å². The van der Waals surface area contributed by atoms with Crippen LogP contribution in [0.4, 0.5) is 0 Å². The lowest BCUT2D eigenvalue weighted by atomic mass is 9.73. The minimum atomic E-state index is -1.95. The van der Waals surface area contributed by atoms with Crippen LogP contribution in [0.15, 0.2) is 0 Å². The fraction of sp³-hybridized carbons (Fsp3) is 0.974. The number of esters is 1. The molecule has 53 heavy (non-hydrogen) atoms. The fourth-order valence-corrected chi connectivity index (χ4v) is 8.84. The van der Waals surface area contributed by atoms with Crippen LogP contribution in [-0.4, -0.2) is 164 Å². The van der Waals surface area contributed by atoms with Crippen LogP contribution in [0.25, 0.3) is 0 Å². The first kappa shape index (κ1) is 46.3. The van der Waals surface area contributed by atoms with E-state index in [9.17, 15) is 40.5 Å². The number of hydrogen-bond donors (Lipinski definition) is 7. The van der Waals surface area contributed by atoms with E-state index < -0.39 is 114 Å². The number of nitrogens with zero attached hydrogens (tertiary/aromatic N) is 1. The molecule has 0 aromatic heterocycles. The molecule has 0 aromatic carbocycles. The highest BCUT2D eigenvalue weighted by molar-refractivity contribution is 5.73. The first-order valence-corrected chi connectivity index (χ1v) is 19.3. The Balaban J connectivity index is 2.18. The number of hydrogen-bond acceptors (Lipinski definition) is 15. The monoisotopic (exact) mass is 765 g/mol. The van der Waals surface area contributed by atoms with Gasteiger partial charge in [-0.15, -0.1) is 0 Å². The summed E-state index contributed by atoms with van der Waals surface area (Å²) in [4.78, 5) is 16.0. The van der Waals surface area contributed by atoms with Crippen LogP contribution in [0, 0.1) is 23.7 Å². The Labute approximate surface area is 315 Å². The lowest BCUT2D eigenvalue weighted by Crippen LogP contribution is -2.61. The van der Waals surface area contributed by atoms with Crippen molar-refractivity contribution >= 4 is 5.97 Å². The lowest BCUT2D eigenvalue weighted by molar-refractivity contribution is -0.319. The maximum Gasteiger partial charge on any atom is 0.311 e. The van der Waals surface area contributed by atoms with E-state index in [0.29, 0.717) is 13.0 Å². The lowest BCUT2D eigenvalue weighted by Gasteiger charge is -2.49. The predicted octanol–water partition coefficient (Wildman–Crippen LogP) is 0.940. The second kappa shape index (κ2) is 18.5. The highest BCUT2D eigenvalue weighted by Gasteiger charge is 2.53. The predicted molar refractivity (Wildman–Crippen MR) is 193 cm³/mol. The van der Waals surface area contributed by atoms with Gasteiger partial charge in [-0.25, -0.2) is 0 Å². The summed E-state index contributed by atoms with van der Waals surface area (Å²) in [5, 5.41) is 79.2. The SMILES string of the molecule is CC[C@H]1OC(=O)[C@H](C)[C@@H](O[C@H]2C[C@@](C)(OC)[C@@H](O)[C@H](C)O2)[C@H](C)[C@@H](O[C@@H]2O[C@H](C)C[C@H](N(C)CCO)[C@H]2O)[C@](C)(O)C[C@@H](C)[C@H](O)[C@H](C)[C@@H](O)[C@]1(C)O. The molecule has 0 bridgehead atoms. The van der Waals surface area contributed by atoms with Crippen LogP contribution in [0.5, 0.6) is 0 Å². The number of likely N-dealkylation sites (N-methyl/N-ethyl adjacent to an activating group) is 1. The van der Waals surface area contributed by atoms with Gasteiger partial charge in [-0.2, -0.15) is 0 Å². The Kier molecular flexibility index (Phi) is 16.2. The molecular weight excluding hydrogens is 694 g/mol. The number of methoxy groups -OCH3 is 1. The Bertz CT molecular complexity index is 1160. The van der Waals surface area contributed by atoms with Crippen molar-refractivity contribution in [3.8, 4) is 0 Å². The molecule has 0 amide bonds. The quantitative estimate of drug-likeness (QED) is 0.163. The Hall–Kier alpha value is -1.05. The van der Waals surface area contributed by atoms with E-state index in [1.165, 1.54) is 14.0 Å². The zero-order valence-electron chi connectivity index (χ0n) is 33.9. The van der Waals surface area contributed by atoms with Crippen LogP contribution in [0.1, 0.15) is 94.9 Å². The average molecular weight is 766 g/mol. The number of rotatable bonds is 9. The number of carbonyl (C=O) groups is 1. The van der Waals surface area contributed by atoms with E-state index in [2.05, 4.69) is 0 Å². The summed E-state index contributed by atoms with van der Waals surface area (Å²) in [5.41, 5.74) is -4.79. The van der Waals surface area contributed by atoms with Crippen molar-refractivity contribution < 1.29 is 69.0 Å². The molecule has 0 unspecified atom stereocenters. The summed E-state index contributed by atoms with van der Waals surface area (Å²) in [6.07, 6.45) is -11.1. The number of aliphatic hydroxyl groups is 7. The van der Waals surface area contributed by atoms with E-state index in [1.54, 1.807) is 62.4 Å². The summed E-state index contributed by atoms with van der Waals surface area (Å²) in [6, 6.07) is -0.451. The van der Waals surface area contributed by atoms with Crippen LogP contribution in [-0.2, 0) is 33.2 Å². The third-order valence-electron chi connectivity index (χ3n) is 12.4. The minimum absolute atomic E-state index is 0.0672. The number of cyclic esters (lactones) is 1. The average Bonchev–Trinajstić information content (AvgIpc) is 3.09. The number of ether oxygens (including phenoxy) is 6. The highest BCUT2D eigenvalue weighted by atomic mass is 16.7. The fourth-order valence-electron chi connectivity index (χ4n) is 8.84. The maximum atomic E-state index is 14.1. The van der Waals surface area contributed by atoms with Gasteiger partial charge in [0.1, 0.15) is 23.9 Å². The molecule has 0 radical (unpaired) electrons. The van der Waals surface area contributed by atoms with Gasteiger partial charge in [0.15, 0.2) is 12.6 Å². The molecule has 3 aliphatic heterocycles. The second-order valence-electron chi connectivity index (χ2n) is 16.9. The van der Waals surface area contributed by atoms with Crippen molar-refractivity contribution in [3.63, 3.8) is 0 Å². The zero-order valence-corrected chi connectivity index (χ0v) is 33.9. The summed E-state index contributed by atoms with van der Waals surface area (Å²) in [7, 11) is 3.26. The number of carbonyl (C=O) groups excluding carboxylic acids is 1. The van der Waals surface area contributed by atoms with Gasteiger partial charge in [-0.1, -0.05) is 27.7 Å². The van der Waals surface area contributed by atoms with E-state index in [4.69, 9.17) is 28.4 Å². The molecule has 3 aliphatic rings. The molecule has 19 atom stereocenters. The van der Waals surface area contributed by atoms with Crippen molar-refractivity contribution in [2.45, 2.75) is 185 Å². The summed E-state index contributed by atoms with van der Waals surface area (Å²) < 4.78 is 37.2. The first-order chi connectivity index (χ1) is 24.5. The molecule has 0 aliphatic carbocycles. The van der Waals surface area contributed by atoms with Crippen LogP contribution in [0.3, 0.4) is 0 Å². The molecule has 3 rings (SSSR count). The summed E-state index contributed by atoms with van der Waals surface area (Å²) in [6.45, 7) is 16.7. The van der Waals surface area contributed by atoms with Gasteiger partial charge in [0, 0.05) is 38.0 Å². The van der Waals surface area contributed by atoms with Gasteiger partial charge in [-0.3, -0.25) is 9.69 Å². The molecule has 3 fully saturated rings. The molecule has 0 spiro atoms. The van der Waals surface area contributed by atoms with Crippen molar-refractivity contribution in [2.75, 3.05) is 27.3 Å². The standard InChI is InChI=1S/C38H71NO14/c1-13-26-38(10,47)31(43)21(4)28(41)19(2)17-36(8,46)33(53-35-29(42)25(16-20(3)49-35)39(11)14-15-40)22(5)30(23(6)34(45)51-26)52-27-18-37(9,48-12)32(44)24(7)50-27/h19-33,35,40-44,46-47H,13-18H2,1-12H3/t19-,20-,21+,22+,23-,24+,25+,26-,27+,28+,29-,30+,31-,32+,33-,35+,36-,37-,38-/m1/s1. The Morgan fingerprint density at radius 3 is 2.08 bits per heavy atom. The van der Waals surface area contributed by atoms with E-state index in [1.807, 2.05) is 11.8 Å². The Morgan fingerprint density at radius 1 is 0.887 bits per heavy atom. The van der Waals surface area contributed by atoms with E-state index >= 15 is 0 Å². The third-order valence-corrected chi connectivity index (χ3v) is 12.4. The van der Waals surface area contributed by atoms with Gasteiger partial charge >= 0.3 is 5.97 Å². The topological polar surface area (TPSA) is 217 Å². The van der Waals surface area contributed by atoms with E-state index in [-0.39, 0.29) is 32.0 Å². The van der Waals surface area contributed by atoms with Crippen LogP contribution in [0.2, 0.25) is 0 Å². The molecular formula is C38H71NO14. The molecule has 3 heterocycles. The smallest absolute Gasteiger partial charge is 0.311 e. The van der Waals surface area contributed by atoms with Crippen LogP contribution < -0.4 is 0 Å². The van der Waals surface area contributed by atoms with E-state index in [0.717, 1.165) is 0 Å². The van der Waals surface area contributed by atoms with Gasteiger partial charge < -0.3 is 64.2 Å². The molecule has 0 saturated carbocycles. The van der Waals surface area contributed by atoms with Crippen molar-refractivity contribution in [2.24, 2.45) is 23.7 Å². The summed E-state index contributed by atoms with van der Waals surface area (Å²) >= 11 is 0. The molecule has 7 N–H and O–H groups in total. The van der Waals surface area contributed by atoms with Crippen LogP contribution >= 0.6 is 0 Å². The maximum absolute atomic E-state index is 14.1. The van der Waals surface area contributed by atoms with Gasteiger partial charge in [0.05, 0.1) is 60.4 Å². The molecule has 0 aromatic rings. The molecule has 15 nitrogen and oxygen atoms in total. The molecule has 312 valence electrons. The summed E-state index contributed by atoms with van der Waals surface area (Å²) in [5.74, 6) is -4.25. The van der Waals surface area contributed by atoms with Gasteiger partial charge in [-0.05, 0) is 73.8 Å². The Morgan fingerprint density at radius 2 is 1.51 bits per heavy atom. The van der Waals surface area contributed by atoms with Gasteiger partial charge in [0.2, 0.25) is 0 Å². The molecule has 15 heteroatoms. The number of aliphatic hydroxyl groups excluding tert-OH is 5. The first-order valence-electron chi connectivity index (χ1n) is 19.3. The van der Waals surface area contributed by atoms with Crippen molar-refractivity contribution in [3.05, 3.63) is 0 Å². The van der Waals surface area contributed by atoms with Gasteiger partial charge in [0.25, 0.3) is 0 Å². The largest absolute Gasteiger partial charge is 0.459 e. The minimum Gasteiger partial charge on any atom is -0.459 e. The third kappa shape index (κ3) is 10.3. The molecule has 3 saturated heterocycles. The normalized spacial score (nSPS) is 49.7. The van der Waals surface area contributed by atoms with Crippen molar-refractivity contribution in [1.29, 1.82) is 0 Å². The second-order valence-corrected chi connectivity index (χ2v) is 16.9. The zero-order chi connectivity index (χ0) is 40.4. The highest BCUT2D eigenvalue weighted by Crippen LogP contribution is 2.41.